The molecule has 2 aromatic heterocycles. The first kappa shape index (κ1) is 19.3. The first-order valence-corrected chi connectivity index (χ1v) is 9.87. The van der Waals surface area contributed by atoms with Gasteiger partial charge in [0.05, 0.1) is 23.1 Å². The van der Waals surface area contributed by atoms with Crippen molar-refractivity contribution in [2.24, 2.45) is 5.73 Å². The van der Waals surface area contributed by atoms with E-state index >= 15 is 0 Å². The number of ketones is 1. The van der Waals surface area contributed by atoms with E-state index in [1.165, 1.54) is 11.1 Å². The number of nitrogens with one attached hydrogen (secondary N) is 2. The maximum Gasteiger partial charge on any atom is 0.170 e. The highest BCUT2D eigenvalue weighted by atomic mass is 16.1. The fourth-order valence-electron chi connectivity index (χ4n) is 3.60. The van der Waals surface area contributed by atoms with E-state index in [4.69, 9.17) is 11.1 Å². The smallest absolute Gasteiger partial charge is 0.170 e. The molecular formula is C23H18N8O. The first-order valence-electron chi connectivity index (χ1n) is 9.87. The zero-order valence-corrected chi connectivity index (χ0v) is 16.9. The number of hydrogen-bond acceptors (Lipinski definition) is 6. The number of hydrogen-bond donors (Lipinski definition) is 3. The minimum Gasteiger partial charge on any atom is -0.384 e. The molecule has 0 radical (unpaired) electrons. The molecule has 9 heteroatoms. The number of tetrazole rings is 1. The predicted octanol–water partition coefficient (Wildman–Crippen LogP) is 2.92. The van der Waals surface area contributed by atoms with Gasteiger partial charge in [0.2, 0.25) is 0 Å². The summed E-state index contributed by atoms with van der Waals surface area (Å²) in [6.45, 7) is 0. The average Bonchev–Trinajstić information content (AvgIpc) is 3.48. The second-order valence-corrected chi connectivity index (χ2v) is 7.25. The van der Waals surface area contributed by atoms with Crippen LogP contribution in [0.25, 0.3) is 27.8 Å². The fourth-order valence-corrected chi connectivity index (χ4v) is 3.60. The molecule has 0 aliphatic rings. The summed E-state index contributed by atoms with van der Waals surface area (Å²) >= 11 is 0. The van der Waals surface area contributed by atoms with Crippen molar-refractivity contribution in [3.05, 3.63) is 90.0 Å². The molecule has 0 fully saturated rings. The number of nitrogens with two attached hydrogens (primary N) is 1. The molecule has 5 rings (SSSR count). The van der Waals surface area contributed by atoms with Gasteiger partial charge in [-0.1, -0.05) is 36.4 Å². The van der Waals surface area contributed by atoms with Gasteiger partial charge >= 0.3 is 0 Å². The number of nitrogen functional groups attached to an aromatic ring is 1. The molecule has 4 N–H and O–H groups in total. The number of amidine groups is 1. The third-order valence-corrected chi connectivity index (χ3v) is 5.16. The highest BCUT2D eigenvalue weighted by Crippen LogP contribution is 2.26. The molecule has 0 aliphatic carbocycles. The molecular weight excluding hydrogens is 404 g/mol. The van der Waals surface area contributed by atoms with Crippen LogP contribution in [0, 0.1) is 5.41 Å². The quantitative estimate of drug-likeness (QED) is 0.218. The number of Topliss-reactive ketones (excluding diaryl/α,β-unsaturated/α-hetero) is 1. The maximum absolute atomic E-state index is 13.2. The zero-order valence-electron chi connectivity index (χ0n) is 16.9. The second-order valence-electron chi connectivity index (χ2n) is 7.25. The van der Waals surface area contributed by atoms with Crippen LogP contribution in [0.15, 0.2) is 73.1 Å². The Morgan fingerprint density at radius 1 is 1.06 bits per heavy atom. The molecule has 156 valence electrons. The Morgan fingerprint density at radius 2 is 1.88 bits per heavy atom. The lowest BCUT2D eigenvalue weighted by Gasteiger charge is -2.09. The van der Waals surface area contributed by atoms with E-state index < -0.39 is 0 Å². The number of rotatable bonds is 6. The molecule has 0 bridgehead atoms. The van der Waals surface area contributed by atoms with E-state index in [9.17, 15) is 4.79 Å². The molecule has 0 amide bonds. The monoisotopic (exact) mass is 422 g/mol. The molecule has 0 spiro atoms. The summed E-state index contributed by atoms with van der Waals surface area (Å²) in [7, 11) is 0. The molecule has 3 aromatic carbocycles. The van der Waals surface area contributed by atoms with Gasteiger partial charge in [0.25, 0.3) is 0 Å². The van der Waals surface area contributed by atoms with Gasteiger partial charge in [-0.2, -0.15) is 0 Å². The number of aromatic nitrogens is 6. The van der Waals surface area contributed by atoms with Gasteiger partial charge in [-0.25, -0.2) is 4.98 Å². The lowest BCUT2D eigenvalue weighted by molar-refractivity contribution is 0.0991. The molecule has 32 heavy (non-hydrogen) atoms. The Labute approximate surface area is 182 Å². The predicted molar refractivity (Wildman–Crippen MR) is 120 cm³/mol. The van der Waals surface area contributed by atoms with Crippen molar-refractivity contribution < 1.29 is 4.79 Å². The zero-order chi connectivity index (χ0) is 22.1. The Morgan fingerprint density at radius 3 is 2.62 bits per heavy atom. The van der Waals surface area contributed by atoms with Crippen LogP contribution >= 0.6 is 0 Å². The fraction of sp³-hybridized carbons (Fsp3) is 0.0435. The van der Waals surface area contributed by atoms with Gasteiger partial charge in [0.1, 0.15) is 11.7 Å². The van der Waals surface area contributed by atoms with Crippen molar-refractivity contribution in [2.75, 3.05) is 0 Å². The molecule has 2 heterocycles. The molecule has 5 aromatic rings. The summed E-state index contributed by atoms with van der Waals surface area (Å²) in [5.74, 6) is 0.500. The van der Waals surface area contributed by atoms with Crippen molar-refractivity contribution in [2.45, 2.75) is 6.42 Å². The second kappa shape index (κ2) is 7.88. The number of H-pyrrole nitrogens is 1. The van der Waals surface area contributed by atoms with Crippen LogP contribution < -0.4 is 5.73 Å². The molecule has 0 unspecified atom stereocenters. The van der Waals surface area contributed by atoms with Gasteiger partial charge in [0.15, 0.2) is 12.1 Å². The van der Waals surface area contributed by atoms with Crippen LogP contribution in [-0.4, -0.2) is 41.8 Å². The number of benzene rings is 3. The van der Waals surface area contributed by atoms with Crippen LogP contribution in [0.4, 0.5) is 0 Å². The van der Waals surface area contributed by atoms with E-state index in [0.29, 0.717) is 17.0 Å². The Bertz CT molecular complexity index is 1430. The SMILES string of the molecule is N=C(N)c1ccc2nc(CC(=O)c3ccccc3-c3ccc(-n4ncnn4)cc3)[nH]c2c1. The van der Waals surface area contributed by atoms with Gasteiger partial charge in [-0.3, -0.25) is 10.2 Å². The van der Waals surface area contributed by atoms with E-state index in [0.717, 1.165) is 27.8 Å². The summed E-state index contributed by atoms with van der Waals surface area (Å²) in [6, 6.07) is 20.4. The number of fused-ring (bicyclic) bond motifs is 1. The van der Waals surface area contributed by atoms with Crippen molar-refractivity contribution >= 4 is 22.7 Å². The third-order valence-electron chi connectivity index (χ3n) is 5.16. The lowest BCUT2D eigenvalue weighted by Crippen LogP contribution is -2.10. The van der Waals surface area contributed by atoms with Gasteiger partial charge in [-0.15, -0.1) is 15.0 Å². The van der Waals surface area contributed by atoms with Gasteiger partial charge in [0, 0.05) is 11.1 Å². The largest absolute Gasteiger partial charge is 0.384 e. The number of carbonyl (C=O) groups excluding carboxylic acids is 1. The molecule has 0 aliphatic heterocycles. The van der Waals surface area contributed by atoms with Crippen LogP contribution in [0.2, 0.25) is 0 Å². The minimum absolute atomic E-state index is 0.0151. The van der Waals surface area contributed by atoms with Gasteiger partial charge in [-0.05, 0) is 46.7 Å². The number of nitrogens with zero attached hydrogens (tertiary/aromatic N) is 5. The number of aromatic amines is 1. The first-order chi connectivity index (χ1) is 15.6. The number of carbonyl (C=O) groups is 1. The molecule has 0 saturated carbocycles. The van der Waals surface area contributed by atoms with Crippen LogP contribution in [-0.2, 0) is 6.42 Å². The summed E-state index contributed by atoms with van der Waals surface area (Å²) in [5, 5.41) is 19.2. The highest BCUT2D eigenvalue weighted by molar-refractivity contribution is 6.03. The van der Waals surface area contributed by atoms with Crippen LogP contribution in [0.3, 0.4) is 0 Å². The van der Waals surface area contributed by atoms with E-state index in [1.54, 1.807) is 18.2 Å². The van der Waals surface area contributed by atoms with Crippen molar-refractivity contribution in [1.29, 1.82) is 5.41 Å². The van der Waals surface area contributed by atoms with Crippen molar-refractivity contribution in [3.63, 3.8) is 0 Å². The van der Waals surface area contributed by atoms with Gasteiger partial charge < -0.3 is 10.7 Å². The van der Waals surface area contributed by atoms with Crippen molar-refractivity contribution in [1.82, 2.24) is 30.2 Å². The molecule has 0 saturated heterocycles. The molecule has 0 atom stereocenters. The maximum atomic E-state index is 13.2. The summed E-state index contributed by atoms with van der Waals surface area (Å²) in [6.07, 6.45) is 1.50. The normalized spacial score (nSPS) is 11.0. The van der Waals surface area contributed by atoms with Crippen LogP contribution in [0.1, 0.15) is 21.7 Å². The Hall–Kier alpha value is -4.66. The summed E-state index contributed by atoms with van der Waals surface area (Å²) < 4.78 is 0. The number of imidazole rings is 1. The van der Waals surface area contributed by atoms with Crippen molar-refractivity contribution in [3.8, 4) is 16.8 Å². The Kier molecular flexibility index (Phi) is 4.75. The van der Waals surface area contributed by atoms with Crippen LogP contribution in [0.5, 0.6) is 0 Å². The van der Waals surface area contributed by atoms with E-state index in [2.05, 4.69) is 25.4 Å². The summed E-state index contributed by atoms with van der Waals surface area (Å²) in [5.41, 5.74) is 10.8. The third kappa shape index (κ3) is 3.63. The average molecular weight is 422 g/mol. The highest BCUT2D eigenvalue weighted by Gasteiger charge is 2.16. The lowest BCUT2D eigenvalue weighted by atomic mass is 9.95. The Balaban J connectivity index is 1.43. The van der Waals surface area contributed by atoms with E-state index in [1.807, 2.05) is 48.5 Å². The summed E-state index contributed by atoms with van der Waals surface area (Å²) in [4.78, 5) is 22.3. The minimum atomic E-state index is -0.0477. The standard InChI is InChI=1S/C23H18N8O/c24-23(25)15-7-10-19-20(11-15)29-22(28-19)12-21(32)18-4-2-1-3-17(18)14-5-8-16(9-6-14)31-27-13-26-30-31/h1-11,13H,12H2,(H3,24,25)(H,28,29). The van der Waals surface area contributed by atoms with E-state index in [-0.39, 0.29) is 18.0 Å². The topological polar surface area (TPSA) is 139 Å². The molecule has 9 nitrogen and oxygen atoms in total.